The fraction of sp³-hybridized carbons (Fsp3) is 0.667. The summed E-state index contributed by atoms with van der Waals surface area (Å²) in [7, 11) is -1.72. The van der Waals surface area contributed by atoms with Crippen molar-refractivity contribution in [3.8, 4) is 5.75 Å². The summed E-state index contributed by atoms with van der Waals surface area (Å²) in [6.07, 6.45) is 4.75. The fourth-order valence-corrected chi connectivity index (χ4v) is 5.71. The minimum Gasteiger partial charge on any atom is -0.494 e. The van der Waals surface area contributed by atoms with E-state index in [9.17, 15) is 13.2 Å². The number of nitrogens with zero attached hydrogens (tertiary/aromatic N) is 3. The van der Waals surface area contributed by atoms with Gasteiger partial charge in [-0.3, -0.25) is 4.79 Å². The fourth-order valence-electron chi connectivity index (χ4n) is 4.08. The Morgan fingerprint density at radius 1 is 1.07 bits per heavy atom. The third kappa shape index (κ3) is 5.49. The van der Waals surface area contributed by atoms with Gasteiger partial charge in [0, 0.05) is 32.2 Å². The quantitative estimate of drug-likeness (QED) is 0.672. The molecule has 1 amide bonds. The first-order valence-corrected chi connectivity index (χ1v) is 12.1. The first kappa shape index (κ1) is 22.1. The van der Waals surface area contributed by atoms with Crippen LogP contribution in [0.5, 0.6) is 5.75 Å². The van der Waals surface area contributed by atoms with Crippen molar-refractivity contribution in [2.45, 2.75) is 50.0 Å². The van der Waals surface area contributed by atoms with Gasteiger partial charge >= 0.3 is 0 Å². The molecule has 29 heavy (non-hydrogen) atoms. The van der Waals surface area contributed by atoms with Crippen LogP contribution in [0.2, 0.25) is 0 Å². The lowest BCUT2D eigenvalue weighted by molar-refractivity contribution is -0.133. The first-order chi connectivity index (χ1) is 13.9. The van der Waals surface area contributed by atoms with Crippen molar-refractivity contribution < 1.29 is 17.9 Å². The zero-order chi connectivity index (χ0) is 20.9. The Morgan fingerprint density at radius 3 is 2.28 bits per heavy atom. The molecular formula is C21H33N3O4S. The molecule has 0 radical (unpaired) electrons. The molecule has 8 heteroatoms. The van der Waals surface area contributed by atoms with Crippen molar-refractivity contribution in [3.05, 3.63) is 24.3 Å². The first-order valence-electron chi connectivity index (χ1n) is 10.6. The van der Waals surface area contributed by atoms with Crippen LogP contribution in [-0.2, 0) is 14.8 Å². The molecule has 0 atom stereocenters. The van der Waals surface area contributed by atoms with Crippen molar-refractivity contribution in [2.75, 3.05) is 46.4 Å². The summed E-state index contributed by atoms with van der Waals surface area (Å²) in [6, 6.07) is 6.40. The number of carbonyl (C=O) groups is 1. The number of sulfonamides is 1. The summed E-state index contributed by atoms with van der Waals surface area (Å²) in [6.45, 7) is 5.28. The van der Waals surface area contributed by atoms with Gasteiger partial charge in [-0.1, -0.05) is 19.3 Å². The van der Waals surface area contributed by atoms with E-state index >= 15 is 0 Å². The summed E-state index contributed by atoms with van der Waals surface area (Å²) in [5.74, 6) is 0.544. The van der Waals surface area contributed by atoms with E-state index in [-0.39, 0.29) is 23.4 Å². The molecule has 1 saturated carbocycles. The number of ether oxygens (including phenoxy) is 1. The van der Waals surface area contributed by atoms with Gasteiger partial charge < -0.3 is 14.5 Å². The van der Waals surface area contributed by atoms with E-state index in [4.69, 9.17) is 4.74 Å². The molecule has 1 heterocycles. The van der Waals surface area contributed by atoms with Gasteiger partial charge in [0.15, 0.2) is 0 Å². The summed E-state index contributed by atoms with van der Waals surface area (Å²) in [5.41, 5.74) is 0. The number of hydrogen-bond donors (Lipinski definition) is 0. The third-order valence-corrected chi connectivity index (χ3v) is 7.78. The van der Waals surface area contributed by atoms with Crippen molar-refractivity contribution in [1.82, 2.24) is 14.1 Å². The van der Waals surface area contributed by atoms with Crippen LogP contribution in [0.4, 0.5) is 0 Å². The molecule has 0 aromatic heterocycles. The summed E-state index contributed by atoms with van der Waals surface area (Å²) >= 11 is 0. The van der Waals surface area contributed by atoms with Crippen molar-refractivity contribution in [3.63, 3.8) is 0 Å². The lowest BCUT2D eigenvalue weighted by Crippen LogP contribution is -2.52. The maximum Gasteiger partial charge on any atom is 0.243 e. The van der Waals surface area contributed by atoms with E-state index in [1.807, 2.05) is 14.0 Å². The van der Waals surface area contributed by atoms with Crippen LogP contribution in [0.15, 0.2) is 29.2 Å². The molecule has 0 spiro atoms. The molecule has 2 fully saturated rings. The standard InChI is InChI=1S/C21H33N3O4S/c1-3-28-19-9-11-20(12-10-19)29(26,27)24(18-7-5-4-6-8-18)17-21(25)23-15-13-22(2)14-16-23/h9-12,18H,3-8,13-17H2,1-2H3. The normalized spacial score (nSPS) is 19.5. The molecule has 1 aliphatic heterocycles. The van der Waals surface area contributed by atoms with E-state index in [1.165, 1.54) is 4.31 Å². The number of piperazine rings is 1. The minimum atomic E-state index is -3.76. The number of benzene rings is 1. The lowest BCUT2D eigenvalue weighted by Gasteiger charge is -2.36. The molecule has 0 unspecified atom stereocenters. The minimum absolute atomic E-state index is 0.0794. The van der Waals surface area contributed by atoms with Crippen molar-refractivity contribution in [2.24, 2.45) is 0 Å². The summed E-state index contributed by atoms with van der Waals surface area (Å²) < 4.78 is 33.8. The lowest BCUT2D eigenvalue weighted by atomic mass is 9.95. The SMILES string of the molecule is CCOc1ccc(S(=O)(=O)N(CC(=O)N2CCN(C)CC2)C2CCCCC2)cc1. The van der Waals surface area contributed by atoms with Crippen molar-refractivity contribution >= 4 is 15.9 Å². The van der Waals surface area contributed by atoms with Gasteiger partial charge in [-0.15, -0.1) is 0 Å². The molecule has 1 aromatic rings. The van der Waals surface area contributed by atoms with E-state index in [0.29, 0.717) is 25.4 Å². The largest absolute Gasteiger partial charge is 0.494 e. The maximum absolute atomic E-state index is 13.5. The molecule has 162 valence electrons. The average Bonchev–Trinajstić information content (AvgIpc) is 2.73. The molecule has 1 aliphatic carbocycles. The zero-order valence-corrected chi connectivity index (χ0v) is 18.4. The van der Waals surface area contributed by atoms with Crippen LogP contribution in [0.3, 0.4) is 0 Å². The highest BCUT2D eigenvalue weighted by Gasteiger charge is 2.35. The van der Waals surface area contributed by atoms with Gasteiger partial charge in [0.05, 0.1) is 18.0 Å². The van der Waals surface area contributed by atoms with Gasteiger partial charge in [0.1, 0.15) is 5.75 Å². The second-order valence-electron chi connectivity index (χ2n) is 7.93. The Hall–Kier alpha value is -1.64. The molecule has 1 saturated heterocycles. The third-order valence-electron chi connectivity index (χ3n) is 5.87. The van der Waals surface area contributed by atoms with E-state index in [1.54, 1.807) is 29.2 Å². The predicted octanol–water partition coefficient (Wildman–Crippen LogP) is 2.18. The number of carbonyl (C=O) groups excluding carboxylic acids is 1. The van der Waals surface area contributed by atoms with Gasteiger partial charge in [0.2, 0.25) is 15.9 Å². The molecular weight excluding hydrogens is 390 g/mol. The smallest absolute Gasteiger partial charge is 0.243 e. The average molecular weight is 424 g/mol. The van der Waals surface area contributed by atoms with E-state index < -0.39 is 10.0 Å². The van der Waals surface area contributed by atoms with Gasteiger partial charge in [-0.25, -0.2) is 8.42 Å². The molecule has 0 N–H and O–H groups in total. The Balaban J connectivity index is 1.81. The Labute approximate surface area is 174 Å². The highest BCUT2D eigenvalue weighted by Crippen LogP contribution is 2.28. The molecule has 2 aliphatic rings. The number of hydrogen-bond acceptors (Lipinski definition) is 5. The Kier molecular flexibility index (Phi) is 7.54. The van der Waals surface area contributed by atoms with Crippen LogP contribution in [0, 0.1) is 0 Å². The van der Waals surface area contributed by atoms with Gasteiger partial charge in [-0.2, -0.15) is 4.31 Å². The van der Waals surface area contributed by atoms with Crippen LogP contribution < -0.4 is 4.74 Å². The monoisotopic (exact) mass is 423 g/mol. The number of rotatable bonds is 7. The Morgan fingerprint density at radius 2 is 1.69 bits per heavy atom. The zero-order valence-electron chi connectivity index (χ0n) is 17.5. The van der Waals surface area contributed by atoms with E-state index in [0.717, 1.165) is 45.2 Å². The van der Waals surface area contributed by atoms with Gasteiger partial charge in [-0.05, 0) is 51.1 Å². The summed E-state index contributed by atoms with van der Waals surface area (Å²) in [4.78, 5) is 17.2. The number of likely N-dealkylation sites (N-methyl/N-ethyl adjacent to an activating group) is 1. The highest BCUT2D eigenvalue weighted by molar-refractivity contribution is 7.89. The summed E-state index contributed by atoms with van der Waals surface area (Å²) in [5, 5.41) is 0. The molecule has 7 nitrogen and oxygen atoms in total. The maximum atomic E-state index is 13.5. The topological polar surface area (TPSA) is 70.2 Å². The van der Waals surface area contributed by atoms with Crippen LogP contribution in [0.25, 0.3) is 0 Å². The molecule has 3 rings (SSSR count). The van der Waals surface area contributed by atoms with Gasteiger partial charge in [0.25, 0.3) is 0 Å². The molecule has 1 aromatic carbocycles. The van der Waals surface area contributed by atoms with E-state index in [2.05, 4.69) is 4.90 Å². The number of amides is 1. The van der Waals surface area contributed by atoms with Crippen LogP contribution in [-0.4, -0.2) is 80.9 Å². The van der Waals surface area contributed by atoms with Crippen LogP contribution >= 0.6 is 0 Å². The Bertz CT molecular complexity index is 768. The second-order valence-corrected chi connectivity index (χ2v) is 9.82. The predicted molar refractivity (Wildman–Crippen MR) is 112 cm³/mol. The second kappa shape index (κ2) is 9.91. The highest BCUT2D eigenvalue weighted by atomic mass is 32.2. The molecule has 0 bridgehead atoms. The van der Waals surface area contributed by atoms with Crippen molar-refractivity contribution in [1.29, 1.82) is 0 Å². The van der Waals surface area contributed by atoms with Crippen LogP contribution in [0.1, 0.15) is 39.0 Å².